The lowest BCUT2D eigenvalue weighted by molar-refractivity contribution is -0.140. The fraction of sp³-hybridized carbons (Fsp3) is 0.160. The molecule has 38 heavy (non-hydrogen) atoms. The number of carbonyl (C=O) groups is 2. The maximum Gasteiger partial charge on any atom is 0.420 e. The monoisotopic (exact) mass is 576 g/mol. The van der Waals surface area contributed by atoms with Crippen molar-refractivity contribution in [2.45, 2.75) is 13.0 Å². The highest BCUT2D eigenvalue weighted by atomic mass is 35.5. The molecule has 4 rings (SSSR count). The molecule has 0 bridgehead atoms. The van der Waals surface area contributed by atoms with Crippen molar-refractivity contribution in [3.8, 4) is 5.75 Å². The number of hydrogen-bond acceptors (Lipinski definition) is 9. The molecule has 0 aliphatic carbocycles. The van der Waals surface area contributed by atoms with E-state index in [0.717, 1.165) is 15.4 Å². The van der Waals surface area contributed by atoms with Crippen LogP contribution in [0.2, 0.25) is 0 Å². The number of nitrogens with zero attached hydrogens (tertiary/aromatic N) is 3. The Bertz CT molecular complexity index is 1390. The topological polar surface area (TPSA) is 144 Å². The van der Waals surface area contributed by atoms with Crippen LogP contribution in [0.4, 0.5) is 16.3 Å². The summed E-state index contributed by atoms with van der Waals surface area (Å²) in [5, 5.41) is 11.6. The van der Waals surface area contributed by atoms with Crippen molar-refractivity contribution in [3.63, 3.8) is 0 Å². The van der Waals surface area contributed by atoms with Gasteiger partial charge in [-0.3, -0.25) is 15.1 Å². The lowest BCUT2D eigenvalue weighted by atomic mass is 10.2. The largest absolute Gasteiger partial charge is 0.469 e. The third kappa shape index (κ3) is 7.78. The second-order valence-corrected chi connectivity index (χ2v) is 8.73. The summed E-state index contributed by atoms with van der Waals surface area (Å²) >= 11 is 1.53. The molecule has 1 amide bonds. The highest BCUT2D eigenvalue weighted by Crippen LogP contribution is 2.27. The van der Waals surface area contributed by atoms with Crippen molar-refractivity contribution in [2.75, 3.05) is 23.9 Å². The number of pyridine rings is 1. The molecule has 2 aromatic heterocycles. The fourth-order valence-electron chi connectivity index (χ4n) is 3.31. The number of nitrogens with one attached hydrogen (secondary N) is 2. The van der Waals surface area contributed by atoms with Crippen molar-refractivity contribution < 1.29 is 19.1 Å². The van der Waals surface area contributed by atoms with E-state index in [1.165, 1.54) is 23.3 Å². The number of nitrogen functional groups attached to an aromatic ring is 1. The number of rotatable bonds is 9. The van der Waals surface area contributed by atoms with Gasteiger partial charge in [0.1, 0.15) is 22.4 Å². The second-order valence-electron chi connectivity index (χ2n) is 7.62. The number of amidine groups is 1. The van der Waals surface area contributed by atoms with Crippen LogP contribution in [0.15, 0.2) is 66.9 Å². The Hall–Kier alpha value is -3.93. The fourth-order valence-corrected chi connectivity index (χ4v) is 4.20. The number of carbonyl (C=O) groups excluding carboxylic acids is 2. The molecule has 0 saturated heterocycles. The van der Waals surface area contributed by atoms with E-state index in [2.05, 4.69) is 20.0 Å². The van der Waals surface area contributed by atoms with Crippen LogP contribution in [-0.4, -0.2) is 41.5 Å². The van der Waals surface area contributed by atoms with E-state index < -0.39 is 12.1 Å². The molecular formula is C25H26Cl2N6O4S. The van der Waals surface area contributed by atoms with E-state index in [0.29, 0.717) is 29.2 Å². The Morgan fingerprint density at radius 2 is 1.87 bits per heavy atom. The minimum atomic E-state index is -0.664. The van der Waals surface area contributed by atoms with Crippen LogP contribution in [0.25, 0.3) is 10.2 Å². The Labute approximate surface area is 235 Å². The average molecular weight is 577 g/mol. The third-order valence-electron chi connectivity index (χ3n) is 5.16. The molecular weight excluding hydrogens is 551 g/mol. The number of methoxy groups -OCH3 is 1. The Kier molecular flexibility index (Phi) is 11.3. The summed E-state index contributed by atoms with van der Waals surface area (Å²) in [5.41, 5.74) is 7.74. The number of benzene rings is 2. The van der Waals surface area contributed by atoms with Gasteiger partial charge in [-0.05, 0) is 48.5 Å². The van der Waals surface area contributed by atoms with Gasteiger partial charge in [0.05, 0.1) is 30.3 Å². The predicted molar refractivity (Wildman–Crippen MR) is 153 cm³/mol. The van der Waals surface area contributed by atoms with Gasteiger partial charge >= 0.3 is 12.1 Å². The van der Waals surface area contributed by atoms with Gasteiger partial charge in [-0.15, -0.1) is 36.2 Å². The summed E-state index contributed by atoms with van der Waals surface area (Å²) in [6.07, 6.45) is 0.895. The van der Waals surface area contributed by atoms with E-state index in [4.69, 9.17) is 15.9 Å². The molecule has 0 spiro atoms. The number of nitrogens with two attached hydrogens (primary N) is 1. The van der Waals surface area contributed by atoms with Crippen LogP contribution in [0, 0.1) is 5.41 Å². The number of thiazole rings is 1. The molecule has 13 heteroatoms. The van der Waals surface area contributed by atoms with E-state index >= 15 is 0 Å². The van der Waals surface area contributed by atoms with Crippen molar-refractivity contribution in [2.24, 2.45) is 5.73 Å². The number of amides is 1. The second kappa shape index (κ2) is 14.1. The van der Waals surface area contributed by atoms with Crippen LogP contribution in [0.5, 0.6) is 5.75 Å². The van der Waals surface area contributed by atoms with Gasteiger partial charge < -0.3 is 20.5 Å². The smallest absolute Gasteiger partial charge is 0.420 e. The average Bonchev–Trinajstić information content (AvgIpc) is 3.30. The van der Waals surface area contributed by atoms with Gasteiger partial charge in [-0.1, -0.05) is 6.07 Å². The minimum absolute atomic E-state index is 0. The van der Waals surface area contributed by atoms with Gasteiger partial charge in [-0.25, -0.2) is 14.8 Å². The molecule has 10 nitrogen and oxygen atoms in total. The first kappa shape index (κ1) is 30.3. The number of esters is 1. The number of ether oxygens (including phenoxy) is 2. The number of hydrogen-bond donors (Lipinski definition) is 3. The summed E-state index contributed by atoms with van der Waals surface area (Å²) in [4.78, 5) is 34.7. The summed E-state index contributed by atoms with van der Waals surface area (Å²) in [7, 11) is 1.29. The number of halogens is 2. The van der Waals surface area contributed by atoms with Crippen LogP contribution >= 0.6 is 36.2 Å². The van der Waals surface area contributed by atoms with Crippen molar-refractivity contribution in [1.29, 1.82) is 5.41 Å². The molecule has 0 aliphatic heterocycles. The van der Waals surface area contributed by atoms with Crippen molar-refractivity contribution in [1.82, 2.24) is 9.97 Å². The van der Waals surface area contributed by atoms with Crippen molar-refractivity contribution in [3.05, 3.63) is 77.4 Å². The van der Waals surface area contributed by atoms with Crippen LogP contribution in [-0.2, 0) is 16.1 Å². The van der Waals surface area contributed by atoms with E-state index in [9.17, 15) is 9.59 Å². The van der Waals surface area contributed by atoms with E-state index in [-0.39, 0.29) is 43.6 Å². The first-order valence-electron chi connectivity index (χ1n) is 11.0. The Morgan fingerprint density at radius 3 is 2.53 bits per heavy atom. The summed E-state index contributed by atoms with van der Waals surface area (Å²) in [6.45, 7) is 0.569. The Balaban J connectivity index is 0.00000253. The van der Waals surface area contributed by atoms with Gasteiger partial charge in [0.25, 0.3) is 0 Å². The quantitative estimate of drug-likeness (QED) is 0.143. The Morgan fingerprint density at radius 1 is 1.11 bits per heavy atom. The summed E-state index contributed by atoms with van der Waals surface area (Å²) in [5.74, 6) is 0.279. The maximum absolute atomic E-state index is 12.9. The molecule has 0 unspecified atom stereocenters. The lowest BCUT2D eigenvalue weighted by Crippen LogP contribution is -2.36. The third-order valence-corrected chi connectivity index (χ3v) is 6.20. The minimum Gasteiger partial charge on any atom is -0.469 e. The van der Waals surface area contributed by atoms with Gasteiger partial charge in [0, 0.05) is 30.1 Å². The first-order chi connectivity index (χ1) is 17.4. The van der Waals surface area contributed by atoms with Crippen LogP contribution in [0.1, 0.15) is 17.0 Å². The molecule has 4 aromatic rings. The molecule has 4 N–H and O–H groups in total. The van der Waals surface area contributed by atoms with Crippen LogP contribution < -0.4 is 20.7 Å². The first-order valence-corrected chi connectivity index (χ1v) is 11.8. The number of fused-ring (bicyclic) bond motifs is 1. The SMILES string of the molecule is COC(=O)CCN(C(=O)Oc1ccc2sc(CNc3ccc(C(=N)N)cc3)nc2c1)c1ccccn1.Cl.Cl. The molecule has 2 heterocycles. The molecule has 0 fully saturated rings. The number of aromatic nitrogens is 2. The van der Waals surface area contributed by atoms with Crippen molar-refractivity contribution >= 4 is 75.8 Å². The molecule has 200 valence electrons. The van der Waals surface area contributed by atoms with Gasteiger partial charge in [-0.2, -0.15) is 0 Å². The van der Waals surface area contributed by atoms with Gasteiger partial charge in [0.15, 0.2) is 0 Å². The van der Waals surface area contributed by atoms with Gasteiger partial charge in [0.2, 0.25) is 0 Å². The normalized spacial score (nSPS) is 10.0. The highest BCUT2D eigenvalue weighted by Gasteiger charge is 2.21. The molecule has 0 atom stereocenters. The summed E-state index contributed by atoms with van der Waals surface area (Å²) in [6, 6.07) is 17.7. The molecule has 2 aromatic carbocycles. The molecule has 0 radical (unpaired) electrons. The highest BCUT2D eigenvalue weighted by molar-refractivity contribution is 7.18. The molecule has 0 saturated carbocycles. The lowest BCUT2D eigenvalue weighted by Gasteiger charge is -2.20. The standard InChI is InChI=1S/C25H24N6O4S.2ClH/c1-34-23(32)11-13-31(21-4-2-3-12-28-21)25(33)35-18-9-10-20-19(14-18)30-22(36-20)15-29-17-7-5-16(6-8-17)24(26)27;;/h2-10,12,14,29H,11,13,15H2,1H3,(H3,26,27);2*1H. The molecule has 0 aliphatic rings. The van der Waals surface area contributed by atoms with E-state index in [1.807, 2.05) is 18.2 Å². The predicted octanol–water partition coefficient (Wildman–Crippen LogP) is 5.00. The van der Waals surface area contributed by atoms with E-state index in [1.54, 1.807) is 48.7 Å². The van der Waals surface area contributed by atoms with Crippen LogP contribution in [0.3, 0.4) is 0 Å². The number of anilines is 2. The zero-order chi connectivity index (χ0) is 25.5. The zero-order valence-electron chi connectivity index (χ0n) is 20.2. The zero-order valence-corrected chi connectivity index (χ0v) is 22.7. The maximum atomic E-state index is 12.9. The summed E-state index contributed by atoms with van der Waals surface area (Å²) < 4.78 is 11.2.